The number of methoxy groups -OCH3 is 2. The zero-order valence-corrected chi connectivity index (χ0v) is 11.1. The molecule has 2 aromatic heterocycles. The maximum Gasteiger partial charge on any atom is 0.201 e. The molecular formula is C11H12BrN3O2. The molecule has 0 aliphatic rings. The Morgan fingerprint density at radius 2 is 2.06 bits per heavy atom. The van der Waals surface area contributed by atoms with E-state index in [1.165, 1.54) is 0 Å². The molecule has 5 nitrogen and oxygen atoms in total. The fourth-order valence-electron chi connectivity index (χ4n) is 1.50. The third kappa shape index (κ3) is 2.38. The van der Waals surface area contributed by atoms with Gasteiger partial charge in [0.25, 0.3) is 0 Å². The van der Waals surface area contributed by atoms with Gasteiger partial charge in [-0.05, 0) is 28.1 Å². The minimum absolute atomic E-state index is 0.477. The van der Waals surface area contributed by atoms with Gasteiger partial charge in [0.15, 0.2) is 0 Å². The summed E-state index contributed by atoms with van der Waals surface area (Å²) in [4.78, 5) is 4.24. The molecule has 2 heterocycles. The molecule has 0 saturated carbocycles. The predicted octanol–water partition coefficient (Wildman–Crippen LogP) is 2.53. The number of pyridine rings is 1. The van der Waals surface area contributed by atoms with Crippen LogP contribution in [0.3, 0.4) is 0 Å². The Labute approximate surface area is 107 Å². The highest BCUT2D eigenvalue weighted by Gasteiger charge is 2.20. The van der Waals surface area contributed by atoms with Gasteiger partial charge in [-0.3, -0.25) is 10.1 Å². The van der Waals surface area contributed by atoms with Crippen LogP contribution in [0.2, 0.25) is 0 Å². The first kappa shape index (κ1) is 12.2. The Kier molecular flexibility index (Phi) is 3.88. The quantitative estimate of drug-likeness (QED) is 0.881. The highest BCUT2D eigenvalue weighted by molar-refractivity contribution is 9.10. The highest BCUT2D eigenvalue weighted by Crippen LogP contribution is 2.31. The van der Waals surface area contributed by atoms with Gasteiger partial charge in [0.2, 0.25) is 6.29 Å². The third-order valence-corrected chi connectivity index (χ3v) is 3.11. The van der Waals surface area contributed by atoms with E-state index < -0.39 is 6.29 Å². The number of halogens is 1. The summed E-state index contributed by atoms with van der Waals surface area (Å²) in [7, 11) is 3.14. The van der Waals surface area contributed by atoms with Gasteiger partial charge in [-0.25, -0.2) is 0 Å². The van der Waals surface area contributed by atoms with Crippen molar-refractivity contribution in [2.45, 2.75) is 6.29 Å². The monoisotopic (exact) mass is 297 g/mol. The lowest BCUT2D eigenvalue weighted by Gasteiger charge is -2.11. The van der Waals surface area contributed by atoms with Crippen molar-refractivity contribution in [3.8, 4) is 11.4 Å². The van der Waals surface area contributed by atoms with E-state index in [1.54, 1.807) is 20.4 Å². The van der Waals surface area contributed by atoms with Crippen molar-refractivity contribution in [1.29, 1.82) is 0 Å². The number of rotatable bonds is 4. The molecular weight excluding hydrogens is 286 g/mol. The molecule has 17 heavy (non-hydrogen) atoms. The molecule has 2 rings (SSSR count). The third-order valence-electron chi connectivity index (χ3n) is 2.30. The summed E-state index contributed by atoms with van der Waals surface area (Å²) in [6, 6.07) is 5.66. The van der Waals surface area contributed by atoms with Crippen molar-refractivity contribution in [2.75, 3.05) is 14.2 Å². The van der Waals surface area contributed by atoms with Crippen molar-refractivity contribution in [3.63, 3.8) is 0 Å². The van der Waals surface area contributed by atoms with Crippen LogP contribution in [0, 0.1) is 0 Å². The molecule has 0 spiro atoms. The smallest absolute Gasteiger partial charge is 0.201 e. The summed E-state index contributed by atoms with van der Waals surface area (Å²) in [6.45, 7) is 0. The Bertz CT molecular complexity index is 483. The van der Waals surface area contributed by atoms with Gasteiger partial charge >= 0.3 is 0 Å². The highest BCUT2D eigenvalue weighted by atomic mass is 79.9. The Morgan fingerprint density at radius 3 is 2.65 bits per heavy atom. The topological polar surface area (TPSA) is 60.0 Å². The molecule has 0 aliphatic heterocycles. The molecule has 0 atom stereocenters. The van der Waals surface area contributed by atoms with E-state index in [9.17, 15) is 0 Å². The molecule has 0 fully saturated rings. The predicted molar refractivity (Wildman–Crippen MR) is 66.3 cm³/mol. The van der Waals surface area contributed by atoms with Gasteiger partial charge < -0.3 is 9.47 Å². The molecule has 0 aliphatic carbocycles. The maximum absolute atomic E-state index is 5.17. The second-order valence-corrected chi connectivity index (χ2v) is 4.11. The summed E-state index contributed by atoms with van der Waals surface area (Å²) < 4.78 is 11.1. The number of nitrogens with zero attached hydrogens (tertiary/aromatic N) is 2. The van der Waals surface area contributed by atoms with Gasteiger partial charge in [0, 0.05) is 20.4 Å². The first-order chi connectivity index (χ1) is 8.27. The summed E-state index contributed by atoms with van der Waals surface area (Å²) in [5, 5.41) is 7.10. The van der Waals surface area contributed by atoms with Gasteiger partial charge in [0.1, 0.15) is 11.4 Å². The fourth-order valence-corrected chi connectivity index (χ4v) is 2.07. The van der Waals surface area contributed by atoms with E-state index in [0.717, 1.165) is 21.6 Å². The minimum atomic E-state index is -0.477. The first-order valence-electron chi connectivity index (χ1n) is 4.98. The van der Waals surface area contributed by atoms with Crippen LogP contribution in [-0.4, -0.2) is 29.4 Å². The largest absolute Gasteiger partial charge is 0.350 e. The van der Waals surface area contributed by atoms with Crippen LogP contribution >= 0.6 is 15.9 Å². The van der Waals surface area contributed by atoms with Crippen molar-refractivity contribution in [3.05, 3.63) is 34.6 Å². The van der Waals surface area contributed by atoms with Crippen LogP contribution in [-0.2, 0) is 9.47 Å². The molecule has 2 aromatic rings. The second-order valence-electron chi connectivity index (χ2n) is 3.32. The molecule has 0 radical (unpaired) electrons. The number of hydrogen-bond donors (Lipinski definition) is 1. The van der Waals surface area contributed by atoms with Crippen molar-refractivity contribution in [2.24, 2.45) is 0 Å². The number of H-pyrrole nitrogens is 1. The van der Waals surface area contributed by atoms with E-state index in [4.69, 9.17) is 9.47 Å². The number of ether oxygens (including phenoxy) is 2. The van der Waals surface area contributed by atoms with Gasteiger partial charge in [-0.1, -0.05) is 6.07 Å². The lowest BCUT2D eigenvalue weighted by molar-refractivity contribution is -0.109. The maximum atomic E-state index is 5.17. The van der Waals surface area contributed by atoms with Crippen molar-refractivity contribution >= 4 is 15.9 Å². The number of aromatic amines is 1. The average molecular weight is 298 g/mol. The van der Waals surface area contributed by atoms with Gasteiger partial charge in [-0.2, -0.15) is 5.10 Å². The average Bonchev–Trinajstić information content (AvgIpc) is 2.75. The minimum Gasteiger partial charge on any atom is -0.350 e. The molecule has 90 valence electrons. The molecule has 0 aromatic carbocycles. The molecule has 0 saturated heterocycles. The lowest BCUT2D eigenvalue weighted by atomic mass is 10.2. The standard InChI is InChI=1S/C11H12BrN3O2/c1-16-11(17-2)10-8(12)9(14-15-10)7-5-3-4-6-13-7/h3-6,11H,1-2H3,(H,14,15). The zero-order valence-electron chi connectivity index (χ0n) is 9.48. The molecule has 0 unspecified atom stereocenters. The Hall–Kier alpha value is -1.24. The van der Waals surface area contributed by atoms with E-state index in [2.05, 4.69) is 31.1 Å². The number of nitrogens with one attached hydrogen (secondary N) is 1. The summed E-state index contributed by atoms with van der Waals surface area (Å²) in [5.74, 6) is 0. The van der Waals surface area contributed by atoms with Crippen LogP contribution < -0.4 is 0 Å². The SMILES string of the molecule is COC(OC)c1[nH]nc(-c2ccccn2)c1Br. The van der Waals surface area contributed by atoms with Crippen molar-refractivity contribution < 1.29 is 9.47 Å². The normalized spacial score (nSPS) is 11.1. The van der Waals surface area contributed by atoms with Crippen LogP contribution in [0.4, 0.5) is 0 Å². The summed E-state index contributed by atoms with van der Waals surface area (Å²) in [6.07, 6.45) is 1.25. The van der Waals surface area contributed by atoms with Crippen LogP contribution in [0.25, 0.3) is 11.4 Å². The zero-order chi connectivity index (χ0) is 12.3. The first-order valence-corrected chi connectivity index (χ1v) is 5.78. The number of hydrogen-bond acceptors (Lipinski definition) is 4. The van der Waals surface area contributed by atoms with Crippen LogP contribution in [0.1, 0.15) is 12.0 Å². The summed E-state index contributed by atoms with van der Waals surface area (Å²) in [5.41, 5.74) is 2.25. The van der Waals surface area contributed by atoms with E-state index in [1.807, 2.05) is 18.2 Å². The molecule has 0 amide bonds. The van der Waals surface area contributed by atoms with E-state index >= 15 is 0 Å². The summed E-state index contributed by atoms with van der Waals surface area (Å²) >= 11 is 3.48. The van der Waals surface area contributed by atoms with E-state index in [0.29, 0.717) is 0 Å². The molecule has 0 bridgehead atoms. The van der Waals surface area contributed by atoms with Crippen LogP contribution in [0.5, 0.6) is 0 Å². The van der Waals surface area contributed by atoms with E-state index in [-0.39, 0.29) is 0 Å². The number of aromatic nitrogens is 3. The fraction of sp³-hybridized carbons (Fsp3) is 0.273. The Balaban J connectivity index is 2.39. The molecule has 6 heteroatoms. The Morgan fingerprint density at radius 1 is 1.29 bits per heavy atom. The van der Waals surface area contributed by atoms with Gasteiger partial charge in [0.05, 0.1) is 10.2 Å². The lowest BCUT2D eigenvalue weighted by Crippen LogP contribution is -2.04. The van der Waals surface area contributed by atoms with Crippen molar-refractivity contribution in [1.82, 2.24) is 15.2 Å². The molecule has 1 N–H and O–H groups in total. The van der Waals surface area contributed by atoms with Gasteiger partial charge in [-0.15, -0.1) is 0 Å². The van der Waals surface area contributed by atoms with Crippen LogP contribution in [0.15, 0.2) is 28.9 Å². The second kappa shape index (κ2) is 5.39.